The molecule has 2 aliphatic rings. The highest BCUT2D eigenvalue weighted by Crippen LogP contribution is 2.24. The molecule has 1 N–H and O–H groups in total. The lowest BCUT2D eigenvalue weighted by Crippen LogP contribution is -2.50. The van der Waals surface area contributed by atoms with Crippen molar-refractivity contribution < 1.29 is 14.7 Å². The lowest BCUT2D eigenvalue weighted by atomic mass is 9.98. The fourth-order valence-corrected chi connectivity index (χ4v) is 3.05. The molecular weight excluding hydrogens is 232 g/mol. The maximum Gasteiger partial charge on any atom is 0.320 e. The van der Waals surface area contributed by atoms with Crippen LogP contribution in [-0.4, -0.2) is 52.6 Å². The smallest absolute Gasteiger partial charge is 0.320 e. The molecule has 0 radical (unpaired) electrons. The topological polar surface area (TPSA) is 60.9 Å². The van der Waals surface area contributed by atoms with Gasteiger partial charge in [0.05, 0.1) is 5.92 Å². The Bertz CT molecular complexity index is 332. The van der Waals surface area contributed by atoms with Gasteiger partial charge in [0.25, 0.3) is 0 Å². The minimum Gasteiger partial charge on any atom is -0.481 e. The van der Waals surface area contributed by atoms with Gasteiger partial charge in [-0.25, -0.2) is 4.79 Å². The normalized spacial score (nSPS) is 28.5. The van der Waals surface area contributed by atoms with Crippen LogP contribution < -0.4 is 0 Å². The van der Waals surface area contributed by atoms with Crippen LogP contribution in [0.5, 0.6) is 0 Å². The van der Waals surface area contributed by atoms with Crippen molar-refractivity contribution in [2.24, 2.45) is 5.92 Å². The number of carboxylic acid groups (broad SMARTS) is 1. The van der Waals surface area contributed by atoms with Crippen LogP contribution >= 0.6 is 0 Å². The summed E-state index contributed by atoms with van der Waals surface area (Å²) >= 11 is 0. The molecule has 2 saturated heterocycles. The maximum absolute atomic E-state index is 12.4. The number of urea groups is 1. The highest BCUT2D eigenvalue weighted by molar-refractivity contribution is 5.77. The summed E-state index contributed by atoms with van der Waals surface area (Å²) in [6.45, 7) is 4.01. The van der Waals surface area contributed by atoms with E-state index in [0.29, 0.717) is 25.6 Å². The maximum atomic E-state index is 12.4. The molecule has 2 aliphatic heterocycles. The van der Waals surface area contributed by atoms with Crippen molar-refractivity contribution in [2.45, 2.75) is 45.1 Å². The number of rotatable bonds is 2. The summed E-state index contributed by atoms with van der Waals surface area (Å²) in [6, 6.07) is 0.396. The zero-order valence-electron chi connectivity index (χ0n) is 11.0. The van der Waals surface area contributed by atoms with Crippen molar-refractivity contribution >= 4 is 12.0 Å². The van der Waals surface area contributed by atoms with Gasteiger partial charge in [-0.15, -0.1) is 0 Å². The van der Waals surface area contributed by atoms with Crippen molar-refractivity contribution in [3.05, 3.63) is 0 Å². The summed E-state index contributed by atoms with van der Waals surface area (Å²) in [4.78, 5) is 27.1. The van der Waals surface area contributed by atoms with E-state index in [1.54, 1.807) is 4.90 Å². The Balaban J connectivity index is 1.98. The zero-order valence-corrected chi connectivity index (χ0v) is 11.0. The molecule has 0 aromatic rings. The van der Waals surface area contributed by atoms with Gasteiger partial charge in [-0.3, -0.25) is 4.79 Å². The summed E-state index contributed by atoms with van der Waals surface area (Å²) in [5.74, 6) is -1.16. The van der Waals surface area contributed by atoms with E-state index < -0.39 is 5.97 Å². The second-order valence-corrected chi connectivity index (χ2v) is 5.30. The summed E-state index contributed by atoms with van der Waals surface area (Å²) in [6.07, 6.45) is 4.63. The van der Waals surface area contributed by atoms with Crippen molar-refractivity contribution in [3.63, 3.8) is 0 Å². The lowest BCUT2D eigenvalue weighted by Gasteiger charge is -2.35. The van der Waals surface area contributed by atoms with Crippen LogP contribution in [0.1, 0.15) is 39.0 Å². The van der Waals surface area contributed by atoms with Crippen molar-refractivity contribution in [2.75, 3.05) is 19.6 Å². The number of carbonyl (C=O) groups is 2. The monoisotopic (exact) mass is 254 g/mol. The first-order valence-corrected chi connectivity index (χ1v) is 6.91. The van der Waals surface area contributed by atoms with Crippen LogP contribution in [0.15, 0.2) is 0 Å². The average molecular weight is 254 g/mol. The fraction of sp³-hybridized carbons (Fsp3) is 0.846. The zero-order chi connectivity index (χ0) is 13.1. The summed E-state index contributed by atoms with van der Waals surface area (Å²) in [5.41, 5.74) is 0. The van der Waals surface area contributed by atoms with Crippen LogP contribution in [0.3, 0.4) is 0 Å². The number of piperidine rings is 1. The predicted octanol–water partition coefficient (Wildman–Crippen LogP) is 1.78. The SMILES string of the molecule is CCC1CCCN1C(=O)N1CCC[C@@H](C(=O)O)C1. The van der Waals surface area contributed by atoms with Crippen molar-refractivity contribution in [3.8, 4) is 0 Å². The molecule has 2 fully saturated rings. The van der Waals surface area contributed by atoms with Crippen LogP contribution in [0.4, 0.5) is 4.79 Å². The van der Waals surface area contributed by atoms with Gasteiger partial charge in [0.15, 0.2) is 0 Å². The molecule has 102 valence electrons. The third kappa shape index (κ3) is 2.60. The first kappa shape index (κ1) is 13.2. The Labute approximate surface area is 108 Å². The van der Waals surface area contributed by atoms with Gasteiger partial charge in [0, 0.05) is 25.7 Å². The van der Waals surface area contributed by atoms with E-state index in [9.17, 15) is 9.59 Å². The molecule has 0 spiro atoms. The molecule has 0 aromatic carbocycles. The molecule has 5 nitrogen and oxygen atoms in total. The van der Waals surface area contributed by atoms with E-state index in [1.165, 1.54) is 0 Å². The Morgan fingerprint density at radius 1 is 1.22 bits per heavy atom. The third-order valence-corrected chi connectivity index (χ3v) is 4.14. The first-order chi connectivity index (χ1) is 8.63. The van der Waals surface area contributed by atoms with E-state index in [1.807, 2.05) is 4.90 Å². The molecule has 0 aliphatic carbocycles. The van der Waals surface area contributed by atoms with Gasteiger partial charge < -0.3 is 14.9 Å². The Morgan fingerprint density at radius 3 is 2.61 bits per heavy atom. The molecular formula is C13H22N2O3. The van der Waals surface area contributed by atoms with Crippen LogP contribution in [0, 0.1) is 5.92 Å². The number of hydrogen-bond acceptors (Lipinski definition) is 2. The van der Waals surface area contributed by atoms with Crippen LogP contribution in [0.2, 0.25) is 0 Å². The Hall–Kier alpha value is -1.26. The molecule has 0 aromatic heterocycles. The number of carboxylic acids is 1. The molecule has 18 heavy (non-hydrogen) atoms. The van der Waals surface area contributed by atoms with Gasteiger partial charge in [0.2, 0.25) is 0 Å². The van der Waals surface area contributed by atoms with Crippen molar-refractivity contribution in [1.82, 2.24) is 9.80 Å². The molecule has 2 heterocycles. The number of carbonyl (C=O) groups excluding carboxylic acids is 1. The molecule has 2 amide bonds. The number of aliphatic carboxylic acids is 1. The highest BCUT2D eigenvalue weighted by Gasteiger charge is 2.34. The second-order valence-electron chi connectivity index (χ2n) is 5.30. The third-order valence-electron chi connectivity index (χ3n) is 4.14. The van der Waals surface area contributed by atoms with Gasteiger partial charge in [-0.05, 0) is 32.1 Å². The number of amides is 2. The molecule has 0 saturated carbocycles. The van der Waals surface area contributed by atoms with E-state index in [-0.39, 0.29) is 11.9 Å². The van der Waals surface area contributed by atoms with Crippen molar-refractivity contribution in [1.29, 1.82) is 0 Å². The van der Waals surface area contributed by atoms with Gasteiger partial charge >= 0.3 is 12.0 Å². The van der Waals surface area contributed by atoms with Crippen LogP contribution in [0.25, 0.3) is 0 Å². The summed E-state index contributed by atoms with van der Waals surface area (Å²) < 4.78 is 0. The fourth-order valence-electron chi connectivity index (χ4n) is 3.05. The van der Waals surface area contributed by atoms with E-state index >= 15 is 0 Å². The molecule has 2 atom stereocenters. The quantitative estimate of drug-likeness (QED) is 0.817. The molecule has 5 heteroatoms. The second kappa shape index (κ2) is 5.59. The summed E-state index contributed by atoms with van der Waals surface area (Å²) in [7, 11) is 0. The number of likely N-dealkylation sites (tertiary alicyclic amines) is 2. The molecule has 1 unspecified atom stereocenters. The van der Waals surface area contributed by atoms with Gasteiger partial charge in [0.1, 0.15) is 0 Å². The molecule has 2 rings (SSSR count). The molecule has 0 bridgehead atoms. The predicted molar refractivity (Wildman–Crippen MR) is 67.3 cm³/mol. The van der Waals surface area contributed by atoms with E-state index in [0.717, 1.165) is 32.2 Å². The van der Waals surface area contributed by atoms with Gasteiger partial charge in [-0.2, -0.15) is 0 Å². The minimum atomic E-state index is -0.777. The number of nitrogens with zero attached hydrogens (tertiary/aromatic N) is 2. The van der Waals surface area contributed by atoms with Gasteiger partial charge in [-0.1, -0.05) is 6.92 Å². The van der Waals surface area contributed by atoms with Crippen LogP contribution in [-0.2, 0) is 4.79 Å². The first-order valence-electron chi connectivity index (χ1n) is 6.91. The minimum absolute atomic E-state index is 0.0466. The van der Waals surface area contributed by atoms with E-state index in [2.05, 4.69) is 6.92 Å². The standard InChI is InChI=1S/C13H22N2O3/c1-2-11-6-4-8-15(11)13(18)14-7-3-5-10(9-14)12(16)17/h10-11H,2-9H2,1H3,(H,16,17)/t10-,11?/m1/s1. The van der Waals surface area contributed by atoms with E-state index in [4.69, 9.17) is 5.11 Å². The largest absolute Gasteiger partial charge is 0.481 e. The Morgan fingerprint density at radius 2 is 1.94 bits per heavy atom. The summed E-state index contributed by atoms with van der Waals surface area (Å²) in [5, 5.41) is 9.05. The highest BCUT2D eigenvalue weighted by atomic mass is 16.4. The number of hydrogen-bond donors (Lipinski definition) is 1. The lowest BCUT2D eigenvalue weighted by molar-refractivity contribution is -0.143. The Kier molecular flexibility index (Phi) is 4.09. The average Bonchev–Trinajstić information content (AvgIpc) is 2.86.